The zero-order valence-corrected chi connectivity index (χ0v) is 36.7. The summed E-state index contributed by atoms with van der Waals surface area (Å²) in [5.74, 6) is -0.406. The number of unbranched alkanes of at least 4 members (excludes halogenated alkanes) is 17. The number of allylic oxidation sites excluding steroid dienone is 8. The predicted octanol–water partition coefficient (Wildman–Crippen LogP) is 9.19. The summed E-state index contributed by atoms with van der Waals surface area (Å²) in [6, 6.07) is 0. The Hall–Kier alpha value is -1.94. The maximum Gasteiger partial charge on any atom is 0.397 e. The molecule has 1 aliphatic heterocycles. The molecular weight excluding hydrogens is 765 g/mol. The van der Waals surface area contributed by atoms with Gasteiger partial charge < -0.3 is 34.3 Å². The van der Waals surface area contributed by atoms with Crippen LogP contribution in [-0.4, -0.2) is 97.5 Å². The molecule has 6 atom stereocenters. The Morgan fingerprint density at radius 2 is 1.19 bits per heavy atom. The van der Waals surface area contributed by atoms with Gasteiger partial charge in [-0.25, -0.2) is 4.18 Å². The minimum atomic E-state index is -5.06. The molecule has 338 valence electrons. The lowest BCUT2D eigenvalue weighted by Gasteiger charge is -2.41. The summed E-state index contributed by atoms with van der Waals surface area (Å²) in [6.07, 6.45) is 34.3. The number of carbonyl (C=O) groups is 1. The van der Waals surface area contributed by atoms with E-state index >= 15 is 0 Å². The second-order valence-corrected chi connectivity index (χ2v) is 16.3. The van der Waals surface area contributed by atoms with Crippen LogP contribution < -0.4 is 0 Å². The molecule has 58 heavy (non-hydrogen) atoms. The number of ether oxygens (including phenoxy) is 4. The van der Waals surface area contributed by atoms with E-state index < -0.39 is 59.8 Å². The van der Waals surface area contributed by atoms with Crippen molar-refractivity contribution in [2.45, 2.75) is 205 Å². The smallest absolute Gasteiger partial charge is 0.397 e. The van der Waals surface area contributed by atoms with E-state index in [4.69, 9.17) is 23.5 Å². The molecule has 1 rings (SSSR count). The molecule has 0 bridgehead atoms. The number of rotatable bonds is 38. The summed E-state index contributed by atoms with van der Waals surface area (Å²) in [5, 5.41) is 30.6. The van der Waals surface area contributed by atoms with Crippen LogP contribution in [-0.2, 0) is 38.3 Å². The lowest BCUT2D eigenvalue weighted by atomic mass is 9.99. The molecule has 0 aliphatic carbocycles. The number of aliphatic hydroxyl groups excluding tert-OH is 3. The van der Waals surface area contributed by atoms with Crippen molar-refractivity contribution in [2.24, 2.45) is 0 Å². The van der Waals surface area contributed by atoms with Gasteiger partial charge in [0.05, 0.1) is 19.8 Å². The van der Waals surface area contributed by atoms with Crippen LogP contribution in [0.5, 0.6) is 0 Å². The normalized spacial score (nSPS) is 21.0. The molecule has 0 spiro atoms. The van der Waals surface area contributed by atoms with Gasteiger partial charge in [-0.15, -0.1) is 0 Å². The number of carbonyl (C=O) groups excluding carboxylic acids is 1. The van der Waals surface area contributed by atoms with E-state index in [1.807, 2.05) is 0 Å². The van der Waals surface area contributed by atoms with Crippen LogP contribution in [0.15, 0.2) is 48.6 Å². The number of aliphatic hydroxyl groups is 3. The van der Waals surface area contributed by atoms with Gasteiger partial charge in [-0.1, -0.05) is 159 Å². The summed E-state index contributed by atoms with van der Waals surface area (Å²) < 4.78 is 59.0. The molecule has 1 saturated heterocycles. The van der Waals surface area contributed by atoms with E-state index in [1.165, 1.54) is 64.2 Å². The minimum absolute atomic E-state index is 0.0289. The van der Waals surface area contributed by atoms with Gasteiger partial charge in [0, 0.05) is 13.0 Å². The van der Waals surface area contributed by atoms with E-state index in [2.05, 4.69) is 66.6 Å². The molecule has 1 fully saturated rings. The first-order valence-corrected chi connectivity index (χ1v) is 23.8. The van der Waals surface area contributed by atoms with Crippen molar-refractivity contribution in [3.63, 3.8) is 0 Å². The van der Waals surface area contributed by atoms with E-state index in [9.17, 15) is 28.5 Å². The van der Waals surface area contributed by atoms with Crippen molar-refractivity contribution in [3.05, 3.63) is 48.6 Å². The van der Waals surface area contributed by atoms with Crippen molar-refractivity contribution in [1.82, 2.24) is 0 Å². The highest BCUT2D eigenvalue weighted by molar-refractivity contribution is 7.80. The lowest BCUT2D eigenvalue weighted by Crippen LogP contribution is -2.60. The largest absolute Gasteiger partial charge is 0.457 e. The Balaban J connectivity index is 2.41. The fourth-order valence-electron chi connectivity index (χ4n) is 6.60. The average Bonchev–Trinajstić information content (AvgIpc) is 3.19. The van der Waals surface area contributed by atoms with Crippen molar-refractivity contribution < 1.29 is 56.2 Å². The maximum absolute atomic E-state index is 12.8. The molecule has 0 saturated carbocycles. The van der Waals surface area contributed by atoms with Gasteiger partial charge in [0.15, 0.2) is 6.29 Å². The summed E-state index contributed by atoms with van der Waals surface area (Å²) in [4.78, 5) is 12.8. The van der Waals surface area contributed by atoms with Crippen LogP contribution in [0.3, 0.4) is 0 Å². The highest BCUT2D eigenvalue weighted by Crippen LogP contribution is 2.26. The van der Waals surface area contributed by atoms with Crippen LogP contribution in [0.2, 0.25) is 0 Å². The number of hydrogen-bond acceptors (Lipinski definition) is 11. The van der Waals surface area contributed by atoms with Crippen molar-refractivity contribution in [1.29, 1.82) is 0 Å². The maximum atomic E-state index is 12.8. The molecule has 6 unspecified atom stereocenters. The van der Waals surface area contributed by atoms with Gasteiger partial charge >= 0.3 is 16.4 Å². The third-order valence-corrected chi connectivity index (χ3v) is 10.4. The van der Waals surface area contributed by atoms with Crippen LogP contribution >= 0.6 is 0 Å². The highest BCUT2D eigenvalue weighted by atomic mass is 32.3. The third kappa shape index (κ3) is 30.1. The fourth-order valence-corrected chi connectivity index (χ4v) is 7.11. The Morgan fingerprint density at radius 1 is 0.672 bits per heavy atom. The second kappa shape index (κ2) is 36.9. The molecule has 1 heterocycles. The Kier molecular flexibility index (Phi) is 34.4. The van der Waals surface area contributed by atoms with E-state index in [0.717, 1.165) is 77.0 Å². The first-order chi connectivity index (χ1) is 28.1. The topological polar surface area (TPSA) is 178 Å². The van der Waals surface area contributed by atoms with Crippen LogP contribution in [0.4, 0.5) is 0 Å². The van der Waals surface area contributed by atoms with Gasteiger partial charge in [-0.3, -0.25) is 9.35 Å². The van der Waals surface area contributed by atoms with Crippen molar-refractivity contribution >= 4 is 16.4 Å². The highest BCUT2D eigenvalue weighted by Gasteiger charge is 2.48. The van der Waals surface area contributed by atoms with Crippen LogP contribution in [0.1, 0.15) is 168 Å². The van der Waals surface area contributed by atoms with Gasteiger partial charge in [-0.05, 0) is 51.4 Å². The molecule has 0 aromatic carbocycles. The SMILES string of the molecule is CC/C=C\C/C=C\C/C=C\C/C=C\CCCCCCCCCOCC(COC1OC(CO)C(O)C(OS(=O)(=O)O)C1O)OC(=O)CCCCCCCCCCCCC. The van der Waals surface area contributed by atoms with E-state index in [-0.39, 0.29) is 19.6 Å². The molecule has 1 aliphatic rings. The first-order valence-electron chi connectivity index (χ1n) is 22.4. The first kappa shape index (κ1) is 54.1. The van der Waals surface area contributed by atoms with E-state index in [1.54, 1.807) is 0 Å². The summed E-state index contributed by atoms with van der Waals surface area (Å²) in [6.45, 7) is 3.83. The molecule has 0 amide bonds. The monoisotopic (exact) mass is 845 g/mol. The summed E-state index contributed by atoms with van der Waals surface area (Å²) >= 11 is 0. The fraction of sp³-hybridized carbons (Fsp3) is 0.800. The zero-order chi connectivity index (χ0) is 42.5. The number of esters is 1. The van der Waals surface area contributed by atoms with Crippen LogP contribution in [0.25, 0.3) is 0 Å². The molecule has 4 N–H and O–H groups in total. The van der Waals surface area contributed by atoms with Gasteiger partial charge in [0.25, 0.3) is 0 Å². The number of hydrogen-bond donors (Lipinski definition) is 4. The average molecular weight is 845 g/mol. The van der Waals surface area contributed by atoms with Gasteiger partial charge in [0.2, 0.25) is 0 Å². The third-order valence-electron chi connectivity index (χ3n) is 9.97. The molecule has 0 aromatic heterocycles. The second-order valence-electron chi connectivity index (χ2n) is 15.3. The quantitative estimate of drug-likeness (QED) is 0.0201. The predicted molar refractivity (Wildman–Crippen MR) is 230 cm³/mol. The molecule has 0 aromatic rings. The lowest BCUT2D eigenvalue weighted by molar-refractivity contribution is -0.301. The zero-order valence-electron chi connectivity index (χ0n) is 35.8. The summed E-state index contributed by atoms with van der Waals surface area (Å²) in [5.41, 5.74) is 0. The van der Waals surface area contributed by atoms with Gasteiger partial charge in [0.1, 0.15) is 30.5 Å². The van der Waals surface area contributed by atoms with Crippen molar-refractivity contribution in [3.8, 4) is 0 Å². The minimum Gasteiger partial charge on any atom is -0.457 e. The standard InChI is InChI=1S/C45H80O12S/c1-3-5-7-9-11-13-15-16-17-18-19-20-21-22-23-25-27-29-31-33-35-53-37-39(55-41(47)34-32-30-28-26-24-14-12-10-8-6-4-2)38-54-45-43(49)44(57-58(50,51)52)42(48)40(36-46)56-45/h5,7,11,13,16-17,19-20,39-40,42-46,48-49H,3-4,6,8-10,12,14-15,18,21-38H2,1-2H3,(H,50,51,52)/b7-5-,13-11-,17-16-,20-19-. The Labute approximate surface area is 351 Å². The molecule has 0 radical (unpaired) electrons. The Morgan fingerprint density at radius 3 is 1.74 bits per heavy atom. The molecule has 13 heteroatoms. The van der Waals surface area contributed by atoms with Crippen LogP contribution in [0, 0.1) is 0 Å². The van der Waals surface area contributed by atoms with Gasteiger partial charge in [-0.2, -0.15) is 8.42 Å². The van der Waals surface area contributed by atoms with Crippen molar-refractivity contribution in [2.75, 3.05) is 26.4 Å². The molecule has 12 nitrogen and oxygen atoms in total. The Bertz CT molecular complexity index is 1200. The van der Waals surface area contributed by atoms with E-state index in [0.29, 0.717) is 13.0 Å². The molecular formula is C45H80O12S. The summed E-state index contributed by atoms with van der Waals surface area (Å²) in [7, 11) is -5.06.